The highest BCUT2D eigenvalue weighted by atomic mass is 16.5. The molecule has 0 saturated carbocycles. The molecule has 0 aliphatic rings. The number of pyridine rings is 1. The molecule has 0 unspecified atom stereocenters. The van der Waals surface area contributed by atoms with E-state index in [2.05, 4.69) is 10.6 Å². The first-order valence-electron chi connectivity index (χ1n) is 11.5. The molecule has 0 atom stereocenters. The molecule has 3 aromatic carbocycles. The number of rotatable bonds is 9. The van der Waals surface area contributed by atoms with Crippen LogP contribution in [0.25, 0.3) is 10.9 Å². The lowest BCUT2D eigenvalue weighted by Crippen LogP contribution is -2.30. The Bertz CT molecular complexity index is 1460. The number of fused-ring (bicyclic) bond motifs is 1. The van der Waals surface area contributed by atoms with E-state index in [4.69, 9.17) is 14.2 Å². The van der Waals surface area contributed by atoms with Crippen LogP contribution in [0, 0.1) is 6.92 Å². The summed E-state index contributed by atoms with van der Waals surface area (Å²) in [5.41, 5.74) is 3.31. The number of carbonyl (C=O) groups is 1. The zero-order valence-electron chi connectivity index (χ0n) is 20.8. The second-order valence-corrected chi connectivity index (χ2v) is 8.29. The summed E-state index contributed by atoms with van der Waals surface area (Å²) >= 11 is 0. The number of aromatic nitrogens is 1. The fourth-order valence-corrected chi connectivity index (χ4v) is 4.05. The summed E-state index contributed by atoms with van der Waals surface area (Å²) in [5, 5.41) is 7.00. The van der Waals surface area contributed by atoms with Crippen molar-refractivity contribution in [1.29, 1.82) is 0 Å². The van der Waals surface area contributed by atoms with E-state index >= 15 is 0 Å². The monoisotopic (exact) mass is 487 g/mol. The van der Waals surface area contributed by atoms with Crippen molar-refractivity contribution in [3.8, 4) is 17.2 Å². The predicted molar refractivity (Wildman–Crippen MR) is 141 cm³/mol. The van der Waals surface area contributed by atoms with E-state index in [1.807, 2.05) is 55.5 Å². The summed E-state index contributed by atoms with van der Waals surface area (Å²) < 4.78 is 17.5. The highest BCUT2D eigenvalue weighted by molar-refractivity contribution is 5.93. The molecule has 4 aromatic rings. The molecule has 1 aromatic heterocycles. The molecule has 2 N–H and O–H groups in total. The van der Waals surface area contributed by atoms with Gasteiger partial charge in [-0.1, -0.05) is 24.3 Å². The summed E-state index contributed by atoms with van der Waals surface area (Å²) in [6.07, 6.45) is 0. The SMILES string of the molecule is COc1ccccc1NC(=O)Cn1c(=O)c(CNc2ccc(OC)c(OC)c2)cc2ccc(C)cc21. The van der Waals surface area contributed by atoms with Crippen molar-refractivity contribution in [3.05, 3.63) is 88.2 Å². The molecule has 4 rings (SSSR count). The Morgan fingerprint density at radius 2 is 1.61 bits per heavy atom. The lowest BCUT2D eigenvalue weighted by atomic mass is 10.1. The topological polar surface area (TPSA) is 90.8 Å². The van der Waals surface area contributed by atoms with Crippen molar-refractivity contribution in [1.82, 2.24) is 4.57 Å². The van der Waals surface area contributed by atoms with E-state index in [-0.39, 0.29) is 24.6 Å². The third kappa shape index (κ3) is 5.27. The van der Waals surface area contributed by atoms with Gasteiger partial charge in [0, 0.05) is 23.9 Å². The molecule has 1 amide bonds. The fraction of sp³-hybridized carbons (Fsp3) is 0.214. The zero-order chi connectivity index (χ0) is 25.7. The number of benzene rings is 3. The van der Waals surface area contributed by atoms with Crippen LogP contribution in [0.3, 0.4) is 0 Å². The Morgan fingerprint density at radius 3 is 2.36 bits per heavy atom. The summed E-state index contributed by atoms with van der Waals surface area (Å²) in [4.78, 5) is 26.5. The van der Waals surface area contributed by atoms with E-state index in [1.165, 1.54) is 4.57 Å². The third-order valence-corrected chi connectivity index (χ3v) is 5.88. The minimum atomic E-state index is -0.325. The van der Waals surface area contributed by atoms with Crippen LogP contribution in [0.2, 0.25) is 0 Å². The molecule has 0 aliphatic carbocycles. The highest BCUT2D eigenvalue weighted by Crippen LogP contribution is 2.30. The number of para-hydroxylation sites is 2. The Balaban J connectivity index is 1.64. The molecule has 8 heteroatoms. The number of carbonyl (C=O) groups excluding carboxylic acids is 1. The number of anilines is 2. The van der Waals surface area contributed by atoms with E-state index in [0.717, 1.165) is 16.6 Å². The fourth-order valence-electron chi connectivity index (χ4n) is 4.05. The van der Waals surface area contributed by atoms with Gasteiger partial charge in [0.05, 0.1) is 32.5 Å². The summed E-state index contributed by atoms with van der Waals surface area (Å²) in [7, 11) is 4.69. The van der Waals surface area contributed by atoms with Crippen LogP contribution in [0.15, 0.2) is 71.5 Å². The van der Waals surface area contributed by atoms with Gasteiger partial charge in [-0.15, -0.1) is 0 Å². The number of nitrogens with zero attached hydrogens (tertiary/aromatic N) is 1. The van der Waals surface area contributed by atoms with Crippen LogP contribution in [-0.4, -0.2) is 31.8 Å². The smallest absolute Gasteiger partial charge is 0.256 e. The van der Waals surface area contributed by atoms with Crippen molar-refractivity contribution in [2.24, 2.45) is 0 Å². The van der Waals surface area contributed by atoms with E-state index in [0.29, 0.717) is 34.0 Å². The quantitative estimate of drug-likeness (QED) is 0.359. The van der Waals surface area contributed by atoms with Gasteiger partial charge < -0.3 is 24.8 Å². The average Bonchev–Trinajstić information content (AvgIpc) is 2.89. The molecule has 1 heterocycles. The van der Waals surface area contributed by atoms with Crippen LogP contribution in [0.4, 0.5) is 11.4 Å². The molecule has 0 saturated heterocycles. The van der Waals surface area contributed by atoms with E-state index in [9.17, 15) is 9.59 Å². The van der Waals surface area contributed by atoms with E-state index < -0.39 is 0 Å². The minimum absolute atomic E-state index is 0.138. The van der Waals surface area contributed by atoms with Crippen LogP contribution in [0.5, 0.6) is 17.2 Å². The zero-order valence-corrected chi connectivity index (χ0v) is 20.8. The highest BCUT2D eigenvalue weighted by Gasteiger charge is 2.15. The van der Waals surface area contributed by atoms with Gasteiger partial charge in [0.25, 0.3) is 5.56 Å². The Labute approximate surface area is 209 Å². The third-order valence-electron chi connectivity index (χ3n) is 5.88. The first-order chi connectivity index (χ1) is 17.4. The van der Waals surface area contributed by atoms with Crippen molar-refractivity contribution in [3.63, 3.8) is 0 Å². The van der Waals surface area contributed by atoms with Gasteiger partial charge in [-0.3, -0.25) is 14.2 Å². The molecular weight excluding hydrogens is 458 g/mol. The lowest BCUT2D eigenvalue weighted by molar-refractivity contribution is -0.116. The number of amides is 1. The molecule has 186 valence electrons. The average molecular weight is 488 g/mol. The second kappa shape index (κ2) is 10.9. The largest absolute Gasteiger partial charge is 0.495 e. The molecular formula is C28H29N3O5. The number of hydrogen-bond acceptors (Lipinski definition) is 6. The molecule has 0 radical (unpaired) electrons. The molecule has 8 nitrogen and oxygen atoms in total. The van der Waals surface area contributed by atoms with Gasteiger partial charge in [0.1, 0.15) is 12.3 Å². The van der Waals surface area contributed by atoms with Crippen molar-refractivity contribution < 1.29 is 19.0 Å². The van der Waals surface area contributed by atoms with Crippen molar-refractivity contribution >= 4 is 28.2 Å². The summed E-state index contributed by atoms with van der Waals surface area (Å²) in [6.45, 7) is 2.09. The first-order valence-corrected chi connectivity index (χ1v) is 11.5. The molecule has 0 spiro atoms. The maximum atomic E-state index is 13.5. The number of aryl methyl sites for hydroxylation is 1. The predicted octanol–water partition coefficient (Wildman–Crippen LogP) is 4.59. The summed E-state index contributed by atoms with van der Waals surface area (Å²) in [5.74, 6) is 1.43. The van der Waals surface area contributed by atoms with Gasteiger partial charge in [-0.05, 0) is 54.3 Å². The van der Waals surface area contributed by atoms with Crippen molar-refractivity contribution in [2.45, 2.75) is 20.0 Å². The molecule has 36 heavy (non-hydrogen) atoms. The maximum absolute atomic E-state index is 13.5. The van der Waals surface area contributed by atoms with Crippen LogP contribution in [0.1, 0.15) is 11.1 Å². The standard InChI is InChI=1S/C28H29N3O5/c1-18-9-10-19-14-20(16-29-21-11-12-25(35-3)26(15-21)36-4)28(33)31(23(19)13-18)17-27(32)30-22-7-5-6-8-24(22)34-2/h5-15,29H,16-17H2,1-4H3,(H,30,32). The van der Waals surface area contributed by atoms with Gasteiger partial charge >= 0.3 is 0 Å². The number of nitrogens with one attached hydrogen (secondary N) is 2. The maximum Gasteiger partial charge on any atom is 0.256 e. The summed E-state index contributed by atoms with van der Waals surface area (Å²) in [6, 6.07) is 20.3. The second-order valence-electron chi connectivity index (χ2n) is 8.29. The molecule has 0 bridgehead atoms. The molecule has 0 aliphatic heterocycles. The number of methoxy groups -OCH3 is 3. The number of ether oxygens (including phenoxy) is 3. The first kappa shape index (κ1) is 24.7. The van der Waals surface area contributed by atoms with Gasteiger partial charge in [-0.25, -0.2) is 0 Å². The van der Waals surface area contributed by atoms with Gasteiger partial charge in [-0.2, -0.15) is 0 Å². The van der Waals surface area contributed by atoms with E-state index in [1.54, 1.807) is 39.5 Å². The van der Waals surface area contributed by atoms with Crippen LogP contribution >= 0.6 is 0 Å². The van der Waals surface area contributed by atoms with Gasteiger partial charge in [0.15, 0.2) is 11.5 Å². The van der Waals surface area contributed by atoms with Crippen LogP contribution < -0.4 is 30.4 Å². The van der Waals surface area contributed by atoms with Crippen molar-refractivity contribution in [2.75, 3.05) is 32.0 Å². The molecule has 0 fully saturated rings. The normalized spacial score (nSPS) is 10.7. The van der Waals surface area contributed by atoms with Gasteiger partial charge in [0.2, 0.25) is 5.91 Å². The minimum Gasteiger partial charge on any atom is -0.495 e. The Kier molecular flexibility index (Phi) is 7.44. The lowest BCUT2D eigenvalue weighted by Gasteiger charge is -2.16. The Morgan fingerprint density at radius 1 is 0.861 bits per heavy atom. The Hall–Kier alpha value is -4.46. The van der Waals surface area contributed by atoms with Crippen LogP contribution in [-0.2, 0) is 17.9 Å². The number of hydrogen-bond donors (Lipinski definition) is 2.